The van der Waals surface area contributed by atoms with Crippen molar-refractivity contribution in [2.45, 2.75) is 37.0 Å². The fourth-order valence-corrected chi connectivity index (χ4v) is 4.43. The maximum absolute atomic E-state index is 12.7. The predicted octanol–water partition coefficient (Wildman–Crippen LogP) is 3.03. The van der Waals surface area contributed by atoms with Crippen LogP contribution in [-0.4, -0.2) is 18.2 Å². The van der Waals surface area contributed by atoms with Gasteiger partial charge in [-0.15, -0.1) is 0 Å². The second kappa shape index (κ2) is 6.08. The van der Waals surface area contributed by atoms with Crippen LogP contribution in [0.3, 0.4) is 0 Å². The molecule has 1 aliphatic carbocycles. The summed E-state index contributed by atoms with van der Waals surface area (Å²) in [4.78, 5) is 12.3. The van der Waals surface area contributed by atoms with E-state index in [2.05, 4.69) is 0 Å². The summed E-state index contributed by atoms with van der Waals surface area (Å²) in [5.41, 5.74) is 0.684. The Morgan fingerprint density at radius 2 is 1.82 bits per heavy atom. The highest BCUT2D eigenvalue weighted by Crippen LogP contribution is 2.26. The fraction of sp³-hybridized carbons (Fsp3) is 0.353. The van der Waals surface area contributed by atoms with Crippen molar-refractivity contribution in [2.75, 3.05) is 0 Å². The zero-order valence-electron chi connectivity index (χ0n) is 12.3. The summed E-state index contributed by atoms with van der Waals surface area (Å²) in [6.07, 6.45) is 5.54. The van der Waals surface area contributed by atoms with E-state index in [1.807, 2.05) is 0 Å². The lowest BCUT2D eigenvalue weighted by Crippen LogP contribution is -2.23. The first-order valence-electron chi connectivity index (χ1n) is 7.58. The lowest BCUT2D eigenvalue weighted by Gasteiger charge is -2.21. The van der Waals surface area contributed by atoms with E-state index in [-0.39, 0.29) is 16.6 Å². The van der Waals surface area contributed by atoms with Crippen molar-refractivity contribution in [1.82, 2.24) is 3.97 Å². The van der Waals surface area contributed by atoms with Gasteiger partial charge in [-0.25, -0.2) is 12.4 Å². The molecule has 1 aromatic heterocycles. The van der Waals surface area contributed by atoms with Gasteiger partial charge in [-0.1, -0.05) is 24.6 Å². The zero-order valence-corrected chi connectivity index (χ0v) is 13.1. The second-order valence-corrected chi connectivity index (χ2v) is 7.54. The Hall–Kier alpha value is -1.88. The van der Waals surface area contributed by atoms with E-state index >= 15 is 0 Å². The van der Waals surface area contributed by atoms with Gasteiger partial charge in [-0.2, -0.15) is 0 Å². The molecule has 116 valence electrons. The van der Waals surface area contributed by atoms with Crippen molar-refractivity contribution < 1.29 is 13.2 Å². The lowest BCUT2D eigenvalue weighted by molar-refractivity contribution is -0.124. The quantitative estimate of drug-likeness (QED) is 0.871. The van der Waals surface area contributed by atoms with Crippen molar-refractivity contribution >= 4 is 15.8 Å². The molecule has 1 fully saturated rings. The van der Waals surface area contributed by atoms with E-state index in [9.17, 15) is 13.2 Å². The van der Waals surface area contributed by atoms with Crippen LogP contribution >= 0.6 is 0 Å². The van der Waals surface area contributed by atoms with Gasteiger partial charge >= 0.3 is 0 Å². The van der Waals surface area contributed by atoms with E-state index < -0.39 is 10.0 Å². The van der Waals surface area contributed by atoms with E-state index in [1.54, 1.807) is 48.7 Å². The number of rotatable bonds is 4. The molecule has 22 heavy (non-hydrogen) atoms. The first kappa shape index (κ1) is 15.0. The van der Waals surface area contributed by atoms with Crippen LogP contribution in [0.15, 0.2) is 53.6 Å². The number of hydrogen-bond acceptors (Lipinski definition) is 3. The molecule has 0 N–H and O–H groups in total. The Labute approximate surface area is 130 Å². The second-order valence-electron chi connectivity index (χ2n) is 5.73. The van der Waals surface area contributed by atoms with E-state index in [1.165, 1.54) is 3.97 Å². The van der Waals surface area contributed by atoms with Gasteiger partial charge < -0.3 is 0 Å². The van der Waals surface area contributed by atoms with Gasteiger partial charge in [0.2, 0.25) is 0 Å². The smallest absolute Gasteiger partial charge is 0.267 e. The summed E-state index contributed by atoms with van der Waals surface area (Å²) in [6.45, 7) is 0. The number of carbonyl (C=O) groups excluding carboxylic acids is 1. The van der Waals surface area contributed by atoms with Crippen molar-refractivity contribution in [2.24, 2.45) is 5.92 Å². The zero-order chi connectivity index (χ0) is 15.6. The number of carbonyl (C=O) groups is 1. The molecule has 1 atom stereocenters. The SMILES string of the molecule is O=C1CCCCC1Cc1cccn1S(=O)(=O)c1ccccc1. The molecule has 1 aliphatic rings. The predicted molar refractivity (Wildman–Crippen MR) is 84.1 cm³/mol. The molecule has 2 aromatic rings. The Kier molecular flexibility index (Phi) is 4.16. The third-order valence-electron chi connectivity index (χ3n) is 4.23. The highest BCUT2D eigenvalue weighted by atomic mass is 32.2. The van der Waals surface area contributed by atoms with Crippen LogP contribution < -0.4 is 0 Å². The van der Waals surface area contributed by atoms with Crippen molar-refractivity contribution in [1.29, 1.82) is 0 Å². The van der Waals surface area contributed by atoms with Crippen molar-refractivity contribution in [3.63, 3.8) is 0 Å². The molecule has 0 amide bonds. The Balaban J connectivity index is 1.91. The van der Waals surface area contributed by atoms with Crippen molar-refractivity contribution in [3.05, 3.63) is 54.4 Å². The average Bonchev–Trinajstić information content (AvgIpc) is 2.99. The molecule has 0 saturated heterocycles. The van der Waals surface area contributed by atoms with Crippen LogP contribution in [0.5, 0.6) is 0 Å². The molecular formula is C17H19NO3S. The van der Waals surface area contributed by atoms with Gasteiger partial charge in [-0.3, -0.25) is 4.79 Å². The number of hydrogen-bond donors (Lipinski definition) is 0. The summed E-state index contributed by atoms with van der Waals surface area (Å²) >= 11 is 0. The molecule has 1 heterocycles. The Morgan fingerprint density at radius 3 is 2.55 bits per heavy atom. The van der Waals surface area contributed by atoms with Crippen LogP contribution in [0.25, 0.3) is 0 Å². The van der Waals surface area contributed by atoms with E-state index in [0.29, 0.717) is 18.5 Å². The lowest BCUT2D eigenvalue weighted by atomic mass is 9.85. The maximum atomic E-state index is 12.7. The molecule has 1 unspecified atom stereocenters. The molecule has 3 rings (SSSR count). The molecule has 0 bridgehead atoms. The summed E-state index contributed by atoms with van der Waals surface area (Å²) in [6, 6.07) is 11.9. The van der Waals surface area contributed by atoms with Gasteiger partial charge in [0, 0.05) is 24.2 Å². The average molecular weight is 317 g/mol. The number of Topliss-reactive ketones (excluding diaryl/α,β-unsaturated/α-hetero) is 1. The highest BCUT2D eigenvalue weighted by molar-refractivity contribution is 7.90. The van der Waals surface area contributed by atoms with Gasteiger partial charge in [0.15, 0.2) is 0 Å². The molecular weight excluding hydrogens is 298 g/mol. The molecule has 5 heteroatoms. The number of benzene rings is 1. The molecule has 1 aromatic carbocycles. The molecule has 0 radical (unpaired) electrons. The van der Waals surface area contributed by atoms with Crippen LogP contribution in [0.4, 0.5) is 0 Å². The van der Waals surface area contributed by atoms with Crippen LogP contribution in [0, 0.1) is 5.92 Å². The number of aromatic nitrogens is 1. The van der Waals surface area contributed by atoms with E-state index in [0.717, 1.165) is 19.3 Å². The first-order valence-corrected chi connectivity index (χ1v) is 9.02. The minimum atomic E-state index is -3.59. The van der Waals surface area contributed by atoms with Crippen LogP contribution in [0.2, 0.25) is 0 Å². The molecule has 4 nitrogen and oxygen atoms in total. The maximum Gasteiger partial charge on any atom is 0.267 e. The summed E-state index contributed by atoms with van der Waals surface area (Å²) in [7, 11) is -3.59. The Morgan fingerprint density at radius 1 is 1.05 bits per heavy atom. The van der Waals surface area contributed by atoms with Crippen LogP contribution in [-0.2, 0) is 21.2 Å². The molecule has 1 saturated carbocycles. The van der Waals surface area contributed by atoms with E-state index in [4.69, 9.17) is 0 Å². The molecule has 0 aliphatic heterocycles. The minimum absolute atomic E-state index is 0.0478. The summed E-state index contributed by atoms with van der Waals surface area (Å²) in [5.74, 6) is 0.212. The minimum Gasteiger partial charge on any atom is -0.299 e. The Bertz CT molecular complexity index is 762. The standard InChI is InChI=1S/C17H19NO3S/c19-17-11-5-4-7-14(17)13-15-8-6-12-18(15)22(20,21)16-9-2-1-3-10-16/h1-3,6,8-10,12,14H,4-5,7,11,13H2. The topological polar surface area (TPSA) is 56.1 Å². The largest absolute Gasteiger partial charge is 0.299 e. The highest BCUT2D eigenvalue weighted by Gasteiger charge is 2.26. The first-order chi connectivity index (χ1) is 10.6. The van der Waals surface area contributed by atoms with Gasteiger partial charge in [0.1, 0.15) is 5.78 Å². The molecule has 0 spiro atoms. The number of ketones is 1. The third kappa shape index (κ3) is 2.86. The third-order valence-corrected chi connectivity index (χ3v) is 5.97. The summed E-state index contributed by atoms with van der Waals surface area (Å²) < 4.78 is 26.7. The normalized spacial score (nSPS) is 19.3. The van der Waals surface area contributed by atoms with Crippen molar-refractivity contribution in [3.8, 4) is 0 Å². The number of nitrogens with zero attached hydrogens (tertiary/aromatic N) is 1. The van der Waals surface area contributed by atoms with Gasteiger partial charge in [0.25, 0.3) is 10.0 Å². The monoisotopic (exact) mass is 317 g/mol. The summed E-state index contributed by atoms with van der Waals surface area (Å²) in [5, 5.41) is 0. The fourth-order valence-electron chi connectivity index (χ4n) is 3.02. The van der Waals surface area contributed by atoms with Crippen LogP contribution in [0.1, 0.15) is 31.4 Å². The van der Waals surface area contributed by atoms with Gasteiger partial charge in [0.05, 0.1) is 4.90 Å². The van der Waals surface area contributed by atoms with Gasteiger partial charge in [-0.05, 0) is 43.5 Å².